The standard InChI is InChI=1S/C22H25BrN4O2/c1-4-27-19-8-7-16(29-3)9-15(19)11-20(27)18-12-21(26-25-18)24-22(28)14-6-5-13(2)17(23)10-14/h5-11,18,21,25-26H,4,12H2,1-3H3,(H,24,28). The third kappa shape index (κ3) is 3.90. The minimum absolute atomic E-state index is 0.0913. The van der Waals surface area contributed by atoms with Crippen molar-refractivity contribution in [2.45, 2.75) is 39.0 Å². The van der Waals surface area contributed by atoms with Crippen LogP contribution in [-0.4, -0.2) is 23.7 Å². The first-order chi connectivity index (χ1) is 14.0. The number of hydrogen-bond acceptors (Lipinski definition) is 4. The molecule has 3 aromatic rings. The van der Waals surface area contributed by atoms with E-state index >= 15 is 0 Å². The Morgan fingerprint density at radius 3 is 2.79 bits per heavy atom. The van der Waals surface area contributed by atoms with Crippen LogP contribution in [0.5, 0.6) is 5.75 Å². The molecular formula is C22H25BrN4O2. The van der Waals surface area contributed by atoms with Crippen LogP contribution in [0.1, 0.15) is 41.0 Å². The predicted molar refractivity (Wildman–Crippen MR) is 118 cm³/mol. The first-order valence-corrected chi connectivity index (χ1v) is 10.5. The van der Waals surface area contributed by atoms with E-state index in [-0.39, 0.29) is 18.1 Å². The van der Waals surface area contributed by atoms with E-state index in [4.69, 9.17) is 4.74 Å². The molecule has 3 N–H and O–H groups in total. The molecule has 4 rings (SSSR count). The minimum atomic E-state index is -0.148. The second-order valence-electron chi connectivity index (χ2n) is 7.31. The number of fused-ring (bicyclic) bond motifs is 1. The monoisotopic (exact) mass is 456 g/mol. The zero-order chi connectivity index (χ0) is 20.5. The molecule has 7 heteroatoms. The molecule has 2 unspecified atom stereocenters. The summed E-state index contributed by atoms with van der Waals surface area (Å²) < 4.78 is 8.60. The van der Waals surface area contributed by atoms with Crippen LogP contribution < -0.4 is 20.9 Å². The Morgan fingerprint density at radius 1 is 1.24 bits per heavy atom. The molecule has 0 spiro atoms. The summed E-state index contributed by atoms with van der Waals surface area (Å²) >= 11 is 3.49. The summed E-state index contributed by atoms with van der Waals surface area (Å²) in [5.41, 5.74) is 10.7. The van der Waals surface area contributed by atoms with Crippen LogP contribution in [0.3, 0.4) is 0 Å². The minimum Gasteiger partial charge on any atom is -0.497 e. The van der Waals surface area contributed by atoms with Crippen molar-refractivity contribution in [2.75, 3.05) is 7.11 Å². The van der Waals surface area contributed by atoms with Gasteiger partial charge in [0.15, 0.2) is 0 Å². The summed E-state index contributed by atoms with van der Waals surface area (Å²) in [6.45, 7) is 5.02. The van der Waals surface area contributed by atoms with Gasteiger partial charge in [0.25, 0.3) is 5.91 Å². The fourth-order valence-electron chi connectivity index (χ4n) is 3.86. The van der Waals surface area contributed by atoms with Gasteiger partial charge in [0.05, 0.1) is 19.3 Å². The number of methoxy groups -OCH3 is 1. The number of nitrogens with one attached hydrogen (secondary N) is 3. The number of ether oxygens (including phenoxy) is 1. The van der Waals surface area contributed by atoms with Gasteiger partial charge in [0.2, 0.25) is 0 Å². The predicted octanol–water partition coefficient (Wildman–Crippen LogP) is 4.04. The lowest BCUT2D eigenvalue weighted by atomic mass is 10.1. The van der Waals surface area contributed by atoms with E-state index in [1.165, 1.54) is 11.2 Å². The number of halogens is 1. The number of aryl methyl sites for hydroxylation is 2. The van der Waals surface area contributed by atoms with Gasteiger partial charge in [0, 0.05) is 39.6 Å². The highest BCUT2D eigenvalue weighted by atomic mass is 79.9. The maximum absolute atomic E-state index is 12.6. The molecule has 1 amide bonds. The van der Waals surface area contributed by atoms with Crippen molar-refractivity contribution in [3.8, 4) is 5.75 Å². The van der Waals surface area contributed by atoms with Crippen molar-refractivity contribution in [1.29, 1.82) is 0 Å². The fourth-order valence-corrected chi connectivity index (χ4v) is 4.24. The number of amides is 1. The third-order valence-corrected chi connectivity index (χ3v) is 6.31. The van der Waals surface area contributed by atoms with Gasteiger partial charge in [0.1, 0.15) is 5.75 Å². The Balaban J connectivity index is 1.50. The van der Waals surface area contributed by atoms with Gasteiger partial charge in [-0.25, -0.2) is 10.9 Å². The fraction of sp³-hybridized carbons (Fsp3) is 0.318. The topological polar surface area (TPSA) is 67.3 Å². The Hall–Kier alpha value is -2.35. The van der Waals surface area contributed by atoms with Crippen molar-refractivity contribution in [3.05, 3.63) is 63.8 Å². The largest absolute Gasteiger partial charge is 0.497 e. The van der Waals surface area contributed by atoms with Crippen LogP contribution in [0, 0.1) is 6.92 Å². The smallest absolute Gasteiger partial charge is 0.252 e. The third-order valence-electron chi connectivity index (χ3n) is 5.46. The van der Waals surface area contributed by atoms with Gasteiger partial charge >= 0.3 is 0 Å². The first kappa shape index (κ1) is 19.9. The molecule has 0 aliphatic carbocycles. The van der Waals surface area contributed by atoms with Crippen molar-refractivity contribution in [2.24, 2.45) is 0 Å². The number of hydrazine groups is 1. The van der Waals surface area contributed by atoms with E-state index in [2.05, 4.69) is 61.8 Å². The molecule has 6 nitrogen and oxygen atoms in total. The normalized spacial score (nSPS) is 18.9. The highest BCUT2D eigenvalue weighted by Gasteiger charge is 2.29. The summed E-state index contributed by atoms with van der Waals surface area (Å²) in [7, 11) is 1.68. The number of rotatable bonds is 5. The zero-order valence-corrected chi connectivity index (χ0v) is 18.3. The summed E-state index contributed by atoms with van der Waals surface area (Å²) in [6.07, 6.45) is 0.608. The van der Waals surface area contributed by atoms with Crippen LogP contribution in [0.15, 0.2) is 46.9 Å². The second-order valence-corrected chi connectivity index (χ2v) is 8.16. The first-order valence-electron chi connectivity index (χ1n) is 9.75. The number of carbonyl (C=O) groups is 1. The Bertz CT molecular complexity index is 1060. The van der Waals surface area contributed by atoms with Crippen molar-refractivity contribution in [3.63, 3.8) is 0 Å². The van der Waals surface area contributed by atoms with Gasteiger partial charge < -0.3 is 14.6 Å². The lowest BCUT2D eigenvalue weighted by Crippen LogP contribution is -2.44. The second kappa shape index (κ2) is 8.18. The Morgan fingerprint density at radius 2 is 2.07 bits per heavy atom. The molecule has 2 atom stereocenters. The Kier molecular flexibility index (Phi) is 5.63. The number of aromatic nitrogens is 1. The molecule has 152 valence electrons. The van der Waals surface area contributed by atoms with Crippen LogP contribution in [0.4, 0.5) is 0 Å². The van der Waals surface area contributed by atoms with E-state index in [0.29, 0.717) is 5.56 Å². The molecule has 1 fully saturated rings. The van der Waals surface area contributed by atoms with E-state index < -0.39 is 0 Å². The molecule has 29 heavy (non-hydrogen) atoms. The van der Waals surface area contributed by atoms with Gasteiger partial charge in [-0.05, 0) is 55.8 Å². The lowest BCUT2D eigenvalue weighted by Gasteiger charge is -2.14. The van der Waals surface area contributed by atoms with E-state index in [1.807, 2.05) is 31.2 Å². The molecule has 2 aromatic carbocycles. The van der Waals surface area contributed by atoms with E-state index in [9.17, 15) is 4.79 Å². The van der Waals surface area contributed by atoms with Crippen molar-refractivity contribution >= 4 is 32.7 Å². The van der Waals surface area contributed by atoms with Gasteiger partial charge in [-0.3, -0.25) is 4.79 Å². The molecular weight excluding hydrogens is 432 g/mol. The highest BCUT2D eigenvalue weighted by molar-refractivity contribution is 9.10. The van der Waals surface area contributed by atoms with Gasteiger partial charge in [-0.2, -0.15) is 0 Å². The summed E-state index contributed by atoms with van der Waals surface area (Å²) in [6, 6.07) is 14.1. The van der Waals surface area contributed by atoms with Crippen molar-refractivity contribution < 1.29 is 9.53 Å². The summed E-state index contributed by atoms with van der Waals surface area (Å²) in [5.74, 6) is 0.760. The lowest BCUT2D eigenvalue weighted by molar-refractivity contribution is 0.0932. The quantitative estimate of drug-likeness (QED) is 0.541. The summed E-state index contributed by atoms with van der Waals surface area (Å²) in [4.78, 5) is 12.6. The van der Waals surface area contributed by atoms with Gasteiger partial charge in [-0.1, -0.05) is 22.0 Å². The highest BCUT2D eigenvalue weighted by Crippen LogP contribution is 2.30. The van der Waals surface area contributed by atoms with Crippen LogP contribution in [-0.2, 0) is 6.54 Å². The molecule has 1 aliphatic rings. The average molecular weight is 457 g/mol. The number of hydrogen-bond donors (Lipinski definition) is 3. The molecule has 1 aliphatic heterocycles. The molecule has 1 saturated heterocycles. The average Bonchev–Trinajstić information content (AvgIpc) is 3.33. The maximum atomic E-state index is 12.6. The zero-order valence-electron chi connectivity index (χ0n) is 16.8. The van der Waals surface area contributed by atoms with Crippen LogP contribution >= 0.6 is 15.9 Å². The SMILES string of the molecule is CCn1c(C2CC(NC(=O)c3ccc(C)c(Br)c3)NN2)cc2cc(OC)ccc21. The number of benzene rings is 2. The molecule has 2 heterocycles. The van der Waals surface area contributed by atoms with E-state index in [1.54, 1.807) is 7.11 Å². The molecule has 0 saturated carbocycles. The van der Waals surface area contributed by atoms with Crippen LogP contribution in [0.2, 0.25) is 0 Å². The molecule has 1 aromatic heterocycles. The number of carbonyl (C=O) groups excluding carboxylic acids is 1. The number of nitrogens with zero attached hydrogens (tertiary/aromatic N) is 1. The van der Waals surface area contributed by atoms with Crippen molar-refractivity contribution in [1.82, 2.24) is 20.7 Å². The maximum Gasteiger partial charge on any atom is 0.252 e. The van der Waals surface area contributed by atoms with Crippen LogP contribution in [0.25, 0.3) is 10.9 Å². The molecule has 0 radical (unpaired) electrons. The molecule has 0 bridgehead atoms. The van der Waals surface area contributed by atoms with E-state index in [0.717, 1.165) is 34.1 Å². The van der Waals surface area contributed by atoms with Gasteiger partial charge in [-0.15, -0.1) is 0 Å². The summed E-state index contributed by atoms with van der Waals surface area (Å²) in [5, 5.41) is 4.22. The Labute approximate surface area is 178 Å².